The van der Waals surface area contributed by atoms with Gasteiger partial charge in [0.15, 0.2) is 0 Å². The van der Waals surface area contributed by atoms with Gasteiger partial charge >= 0.3 is 0 Å². The summed E-state index contributed by atoms with van der Waals surface area (Å²) in [5.41, 5.74) is 11.7. The van der Waals surface area contributed by atoms with E-state index in [-0.39, 0.29) is 0 Å². The van der Waals surface area contributed by atoms with E-state index in [1.165, 1.54) is 71.3 Å². The van der Waals surface area contributed by atoms with Gasteiger partial charge in [0.25, 0.3) is 0 Å². The van der Waals surface area contributed by atoms with Crippen molar-refractivity contribution < 1.29 is 4.42 Å². The van der Waals surface area contributed by atoms with E-state index in [1.54, 1.807) is 0 Å². The molecule has 0 N–H and O–H groups in total. The second-order valence-corrected chi connectivity index (χ2v) is 12.8. The summed E-state index contributed by atoms with van der Waals surface area (Å²) in [4.78, 5) is 0. The van der Waals surface area contributed by atoms with Crippen molar-refractivity contribution in [3.63, 3.8) is 0 Å². The molecule has 0 saturated heterocycles. The van der Waals surface area contributed by atoms with Crippen LogP contribution in [-0.4, -0.2) is 0 Å². The Morgan fingerprint density at radius 3 is 1.47 bits per heavy atom. The number of hydrogen-bond acceptors (Lipinski definition) is 1. The molecular weight excluding hydrogens is 593 g/mol. The maximum atomic E-state index is 6.35. The second kappa shape index (κ2) is 11.1. The minimum absolute atomic E-state index is 0.912. The van der Waals surface area contributed by atoms with Crippen molar-refractivity contribution in [3.8, 4) is 44.5 Å². The molecule has 0 radical (unpaired) electrons. The van der Waals surface area contributed by atoms with E-state index in [2.05, 4.69) is 170 Å². The molecule has 0 saturated carbocycles. The molecule has 9 aromatic carbocycles. The maximum Gasteiger partial charge on any atom is 0.136 e. The van der Waals surface area contributed by atoms with Gasteiger partial charge in [0, 0.05) is 10.8 Å². The van der Waals surface area contributed by atoms with Crippen LogP contribution in [0.4, 0.5) is 0 Å². The fourth-order valence-corrected chi connectivity index (χ4v) is 7.89. The lowest BCUT2D eigenvalue weighted by Crippen LogP contribution is -1.91. The minimum atomic E-state index is 0.912. The highest BCUT2D eigenvalue weighted by atomic mass is 16.3. The van der Waals surface area contributed by atoms with Gasteiger partial charge in [-0.15, -0.1) is 0 Å². The zero-order valence-corrected chi connectivity index (χ0v) is 26.7. The molecule has 1 aromatic heterocycles. The summed E-state index contributed by atoms with van der Waals surface area (Å²) in [5.74, 6) is 0. The Hall–Kier alpha value is -6.44. The van der Waals surface area contributed by atoms with Gasteiger partial charge < -0.3 is 4.42 Å². The molecule has 0 aliphatic heterocycles. The predicted molar refractivity (Wildman–Crippen MR) is 208 cm³/mol. The van der Waals surface area contributed by atoms with Crippen molar-refractivity contribution >= 4 is 54.3 Å². The molecule has 1 nitrogen and oxygen atoms in total. The normalized spacial score (nSPS) is 11.7. The summed E-state index contributed by atoms with van der Waals surface area (Å²) in [7, 11) is 0. The Morgan fingerprint density at radius 1 is 0.265 bits per heavy atom. The summed E-state index contributed by atoms with van der Waals surface area (Å²) >= 11 is 0. The van der Waals surface area contributed by atoms with Crippen molar-refractivity contribution in [2.45, 2.75) is 0 Å². The molecule has 0 amide bonds. The van der Waals surface area contributed by atoms with E-state index >= 15 is 0 Å². The number of hydrogen-bond donors (Lipinski definition) is 0. The van der Waals surface area contributed by atoms with Crippen molar-refractivity contribution in [1.82, 2.24) is 0 Å². The van der Waals surface area contributed by atoms with Gasteiger partial charge in [-0.2, -0.15) is 0 Å². The Kier molecular flexibility index (Phi) is 6.25. The summed E-state index contributed by atoms with van der Waals surface area (Å²) < 4.78 is 6.35. The van der Waals surface area contributed by atoms with Crippen LogP contribution in [0.3, 0.4) is 0 Å². The van der Waals surface area contributed by atoms with E-state index in [0.717, 1.165) is 27.5 Å². The van der Waals surface area contributed by atoms with Gasteiger partial charge in [-0.25, -0.2) is 0 Å². The molecule has 0 atom stereocenters. The van der Waals surface area contributed by atoms with Gasteiger partial charge in [-0.05, 0) is 101 Å². The van der Waals surface area contributed by atoms with Crippen LogP contribution < -0.4 is 0 Å². The van der Waals surface area contributed by atoms with E-state index in [0.29, 0.717) is 0 Å². The lowest BCUT2D eigenvalue weighted by atomic mass is 9.85. The highest BCUT2D eigenvalue weighted by Crippen LogP contribution is 2.46. The number of furan rings is 1. The first-order valence-corrected chi connectivity index (χ1v) is 16.8. The predicted octanol–water partition coefficient (Wildman–Crippen LogP) is 13.7. The van der Waals surface area contributed by atoms with Crippen LogP contribution in [0.15, 0.2) is 186 Å². The first-order valence-electron chi connectivity index (χ1n) is 16.8. The summed E-state index contributed by atoms with van der Waals surface area (Å²) in [6.45, 7) is 0. The van der Waals surface area contributed by atoms with Crippen LogP contribution in [0.5, 0.6) is 0 Å². The molecule has 0 aliphatic rings. The molecule has 1 heteroatoms. The van der Waals surface area contributed by atoms with Crippen LogP contribution in [0.2, 0.25) is 0 Å². The van der Waals surface area contributed by atoms with Gasteiger partial charge in [-0.1, -0.05) is 158 Å². The van der Waals surface area contributed by atoms with E-state index in [9.17, 15) is 0 Å². The highest BCUT2D eigenvalue weighted by molar-refractivity contribution is 6.22. The average molecular weight is 623 g/mol. The average Bonchev–Trinajstić information content (AvgIpc) is 3.55. The number of fused-ring (bicyclic) bond motifs is 6. The quantitative estimate of drug-likeness (QED) is 0.178. The minimum Gasteiger partial charge on any atom is -0.456 e. The van der Waals surface area contributed by atoms with Gasteiger partial charge in [0.05, 0.1) is 0 Å². The van der Waals surface area contributed by atoms with Gasteiger partial charge in [-0.3, -0.25) is 0 Å². The van der Waals surface area contributed by atoms with Crippen LogP contribution in [0, 0.1) is 0 Å². The molecule has 0 bridgehead atoms. The zero-order valence-electron chi connectivity index (χ0n) is 26.7. The Bertz CT molecular complexity index is 2820. The molecule has 228 valence electrons. The first-order chi connectivity index (χ1) is 24.3. The Balaban J connectivity index is 1.19. The van der Waals surface area contributed by atoms with Crippen LogP contribution in [-0.2, 0) is 0 Å². The molecule has 0 unspecified atom stereocenters. The molecule has 49 heavy (non-hydrogen) atoms. The Labute approximate surface area is 284 Å². The maximum absolute atomic E-state index is 6.35. The van der Waals surface area contributed by atoms with E-state index in [4.69, 9.17) is 4.42 Å². The molecule has 0 spiro atoms. The van der Waals surface area contributed by atoms with Crippen molar-refractivity contribution in [1.29, 1.82) is 0 Å². The number of rotatable bonds is 4. The second-order valence-electron chi connectivity index (χ2n) is 12.8. The third-order valence-corrected chi connectivity index (χ3v) is 10.1. The number of benzene rings is 9. The molecule has 10 rings (SSSR count). The molecule has 0 aliphatic carbocycles. The SMILES string of the molecule is c1ccc(-c2ccccc2-c2cccc3cc(-c4c5ccccc5c(-c5ccc6c(c5)oc5ccccc56)c5ccccc45)ccc23)cc1. The lowest BCUT2D eigenvalue weighted by Gasteiger charge is -2.18. The van der Waals surface area contributed by atoms with E-state index in [1.807, 2.05) is 12.1 Å². The number of para-hydroxylation sites is 1. The fraction of sp³-hybridized carbons (Fsp3) is 0. The van der Waals surface area contributed by atoms with E-state index < -0.39 is 0 Å². The van der Waals surface area contributed by atoms with Gasteiger partial charge in [0.1, 0.15) is 11.2 Å². The third kappa shape index (κ3) is 4.40. The highest BCUT2D eigenvalue weighted by Gasteiger charge is 2.18. The summed E-state index contributed by atoms with van der Waals surface area (Å²) in [6, 6.07) is 65.8. The van der Waals surface area contributed by atoms with Crippen molar-refractivity contribution in [2.75, 3.05) is 0 Å². The molecule has 0 fully saturated rings. The van der Waals surface area contributed by atoms with Crippen molar-refractivity contribution in [2.24, 2.45) is 0 Å². The molecular formula is C48H30O. The largest absolute Gasteiger partial charge is 0.456 e. The molecule has 10 aromatic rings. The van der Waals surface area contributed by atoms with Crippen LogP contribution in [0.25, 0.3) is 98.8 Å². The van der Waals surface area contributed by atoms with Gasteiger partial charge in [0.2, 0.25) is 0 Å². The monoisotopic (exact) mass is 622 g/mol. The van der Waals surface area contributed by atoms with Crippen LogP contribution in [0.1, 0.15) is 0 Å². The standard InChI is InChI=1S/C48H30O/c1-2-13-31(14-3-1)35-16-4-5-17-37(35)38-23-12-15-32-29-33(25-27-36(32)38)47-41-19-6-8-21-43(41)48(44-22-9-7-20-42(44)47)34-26-28-40-39-18-10-11-24-45(39)49-46(40)30-34/h1-30H. The summed E-state index contributed by atoms with van der Waals surface area (Å²) in [5, 5.41) is 9.72. The lowest BCUT2D eigenvalue weighted by molar-refractivity contribution is 0.669. The third-order valence-electron chi connectivity index (χ3n) is 10.1. The summed E-state index contributed by atoms with van der Waals surface area (Å²) in [6.07, 6.45) is 0. The Morgan fingerprint density at radius 2 is 0.776 bits per heavy atom. The zero-order chi connectivity index (χ0) is 32.3. The first kappa shape index (κ1) is 27.7. The van der Waals surface area contributed by atoms with Crippen molar-refractivity contribution in [3.05, 3.63) is 182 Å². The topological polar surface area (TPSA) is 13.1 Å². The smallest absolute Gasteiger partial charge is 0.136 e. The molecule has 1 heterocycles. The fourth-order valence-electron chi connectivity index (χ4n) is 7.89. The van der Waals surface area contributed by atoms with Crippen LogP contribution >= 0.6 is 0 Å².